The number of hydrogen-bond donors (Lipinski definition) is 3. The monoisotopic (exact) mass is 248 g/mol. The van der Waals surface area contributed by atoms with Crippen LogP contribution in [0.15, 0.2) is 24.3 Å². The van der Waals surface area contributed by atoms with Gasteiger partial charge in [-0.15, -0.1) is 0 Å². The van der Waals surface area contributed by atoms with E-state index < -0.39 is 0 Å². The summed E-state index contributed by atoms with van der Waals surface area (Å²) in [5.41, 5.74) is 2.00. The fraction of sp³-hybridized carbons (Fsp3) is 0.500. The first-order chi connectivity index (χ1) is 8.78. The number of aliphatic hydroxyl groups is 1. The van der Waals surface area contributed by atoms with E-state index in [0.29, 0.717) is 12.3 Å². The van der Waals surface area contributed by atoms with Gasteiger partial charge < -0.3 is 15.7 Å². The van der Waals surface area contributed by atoms with Crippen molar-refractivity contribution in [3.8, 4) is 0 Å². The van der Waals surface area contributed by atoms with E-state index in [-0.39, 0.29) is 12.5 Å². The lowest BCUT2D eigenvalue weighted by Gasteiger charge is -2.26. The first kappa shape index (κ1) is 13.1. The van der Waals surface area contributed by atoms with Crippen molar-refractivity contribution in [2.24, 2.45) is 5.92 Å². The summed E-state index contributed by atoms with van der Waals surface area (Å²) >= 11 is 0. The maximum Gasteiger partial charge on any atom is 0.224 e. The molecule has 4 heteroatoms. The van der Waals surface area contributed by atoms with Crippen LogP contribution in [0.3, 0.4) is 0 Å². The molecule has 2 rings (SSSR count). The molecule has 1 aromatic carbocycles. The van der Waals surface area contributed by atoms with Crippen molar-refractivity contribution in [2.75, 3.05) is 25.0 Å². The van der Waals surface area contributed by atoms with E-state index in [4.69, 9.17) is 5.11 Å². The number of rotatable bonds is 6. The molecule has 18 heavy (non-hydrogen) atoms. The second-order valence-electron chi connectivity index (χ2n) is 4.80. The van der Waals surface area contributed by atoms with Gasteiger partial charge in [0.15, 0.2) is 0 Å². The summed E-state index contributed by atoms with van der Waals surface area (Å²) in [6, 6.07) is 7.83. The van der Waals surface area contributed by atoms with Gasteiger partial charge in [0.2, 0.25) is 5.91 Å². The minimum absolute atomic E-state index is 0.0841. The normalized spacial score (nSPS) is 15.2. The molecule has 1 heterocycles. The van der Waals surface area contributed by atoms with Crippen LogP contribution in [0.5, 0.6) is 0 Å². The van der Waals surface area contributed by atoms with Crippen LogP contribution in [0.25, 0.3) is 0 Å². The lowest BCUT2D eigenvalue weighted by Crippen LogP contribution is -2.43. The number of nitrogens with one attached hydrogen (secondary N) is 2. The summed E-state index contributed by atoms with van der Waals surface area (Å²) in [5.74, 6) is 0.573. The van der Waals surface area contributed by atoms with Crippen LogP contribution in [0, 0.1) is 5.92 Å². The van der Waals surface area contributed by atoms with Gasteiger partial charge in [0.25, 0.3) is 0 Å². The summed E-state index contributed by atoms with van der Waals surface area (Å²) < 4.78 is 0. The Labute approximate surface area is 107 Å². The highest BCUT2D eigenvalue weighted by Crippen LogP contribution is 2.14. The molecule has 0 aromatic heterocycles. The SMILES string of the molecule is O=C(CC1CNC1)Nc1cccc(CCCO)c1. The second-order valence-corrected chi connectivity index (χ2v) is 4.80. The van der Waals surface area contributed by atoms with Crippen molar-refractivity contribution in [1.29, 1.82) is 0 Å². The molecule has 0 aliphatic carbocycles. The van der Waals surface area contributed by atoms with Crippen LogP contribution in [0.1, 0.15) is 18.4 Å². The van der Waals surface area contributed by atoms with Crippen molar-refractivity contribution >= 4 is 11.6 Å². The maximum atomic E-state index is 11.8. The Balaban J connectivity index is 1.85. The Morgan fingerprint density at radius 2 is 2.28 bits per heavy atom. The van der Waals surface area contributed by atoms with Crippen LogP contribution in [-0.4, -0.2) is 30.7 Å². The number of aryl methyl sites for hydroxylation is 1. The first-order valence-electron chi connectivity index (χ1n) is 6.48. The third-order valence-corrected chi connectivity index (χ3v) is 3.17. The van der Waals surface area contributed by atoms with Gasteiger partial charge in [-0.1, -0.05) is 12.1 Å². The standard InChI is InChI=1S/C14H20N2O2/c17-6-2-4-11-3-1-5-13(7-11)16-14(18)8-12-9-15-10-12/h1,3,5,7,12,15,17H,2,4,6,8-10H2,(H,16,18). The molecule has 0 spiro atoms. The predicted molar refractivity (Wildman–Crippen MR) is 71.5 cm³/mol. The highest BCUT2D eigenvalue weighted by atomic mass is 16.2. The lowest BCUT2D eigenvalue weighted by atomic mass is 9.99. The minimum Gasteiger partial charge on any atom is -0.396 e. The Bertz CT molecular complexity index is 403. The summed E-state index contributed by atoms with van der Waals surface area (Å²) in [6.07, 6.45) is 2.19. The number of anilines is 1. The van der Waals surface area contributed by atoms with Gasteiger partial charge in [0.05, 0.1) is 0 Å². The lowest BCUT2D eigenvalue weighted by molar-refractivity contribution is -0.117. The van der Waals surface area contributed by atoms with Crippen molar-refractivity contribution in [3.63, 3.8) is 0 Å². The van der Waals surface area contributed by atoms with E-state index in [1.54, 1.807) is 0 Å². The Morgan fingerprint density at radius 1 is 1.44 bits per heavy atom. The quantitative estimate of drug-likeness (QED) is 0.708. The Morgan fingerprint density at radius 3 is 2.94 bits per heavy atom. The molecule has 0 bridgehead atoms. The summed E-state index contributed by atoms with van der Waals surface area (Å²) in [4.78, 5) is 11.8. The topological polar surface area (TPSA) is 61.4 Å². The maximum absolute atomic E-state index is 11.8. The highest BCUT2D eigenvalue weighted by Gasteiger charge is 2.19. The molecule has 1 amide bonds. The molecule has 1 saturated heterocycles. The van der Waals surface area contributed by atoms with Gasteiger partial charge in [-0.25, -0.2) is 0 Å². The van der Waals surface area contributed by atoms with E-state index in [9.17, 15) is 4.79 Å². The fourth-order valence-corrected chi connectivity index (χ4v) is 2.05. The van der Waals surface area contributed by atoms with Gasteiger partial charge in [-0.05, 0) is 49.5 Å². The van der Waals surface area contributed by atoms with Crippen molar-refractivity contribution < 1.29 is 9.90 Å². The summed E-state index contributed by atoms with van der Waals surface area (Å²) in [6.45, 7) is 2.10. The molecule has 3 N–H and O–H groups in total. The van der Waals surface area contributed by atoms with Crippen LogP contribution in [0.4, 0.5) is 5.69 Å². The van der Waals surface area contributed by atoms with Crippen molar-refractivity contribution in [3.05, 3.63) is 29.8 Å². The average molecular weight is 248 g/mol. The minimum atomic E-state index is 0.0841. The molecular weight excluding hydrogens is 228 g/mol. The number of amides is 1. The van der Waals surface area contributed by atoms with Gasteiger partial charge in [0.1, 0.15) is 0 Å². The molecule has 4 nitrogen and oxygen atoms in total. The zero-order chi connectivity index (χ0) is 12.8. The summed E-state index contributed by atoms with van der Waals surface area (Å²) in [5, 5.41) is 14.9. The molecule has 1 fully saturated rings. The van der Waals surface area contributed by atoms with E-state index in [1.807, 2.05) is 24.3 Å². The second kappa shape index (κ2) is 6.52. The number of aliphatic hydroxyl groups excluding tert-OH is 1. The van der Waals surface area contributed by atoms with Gasteiger partial charge in [-0.3, -0.25) is 4.79 Å². The van der Waals surface area contributed by atoms with Crippen LogP contribution in [0.2, 0.25) is 0 Å². The van der Waals surface area contributed by atoms with Crippen molar-refractivity contribution in [1.82, 2.24) is 5.32 Å². The third-order valence-electron chi connectivity index (χ3n) is 3.17. The molecule has 98 valence electrons. The van der Waals surface area contributed by atoms with E-state index in [1.165, 1.54) is 0 Å². The fourth-order valence-electron chi connectivity index (χ4n) is 2.05. The highest BCUT2D eigenvalue weighted by molar-refractivity contribution is 5.91. The molecule has 0 atom stereocenters. The molecule has 0 saturated carbocycles. The van der Waals surface area contributed by atoms with E-state index in [2.05, 4.69) is 10.6 Å². The Hall–Kier alpha value is -1.39. The number of hydrogen-bond acceptors (Lipinski definition) is 3. The number of carbonyl (C=O) groups excluding carboxylic acids is 1. The van der Waals surface area contributed by atoms with Crippen molar-refractivity contribution in [2.45, 2.75) is 19.3 Å². The molecule has 0 radical (unpaired) electrons. The van der Waals surface area contributed by atoms with Crippen LogP contribution >= 0.6 is 0 Å². The molecule has 1 aliphatic rings. The largest absolute Gasteiger partial charge is 0.396 e. The zero-order valence-electron chi connectivity index (χ0n) is 10.5. The smallest absolute Gasteiger partial charge is 0.224 e. The molecule has 0 unspecified atom stereocenters. The van der Waals surface area contributed by atoms with Gasteiger partial charge in [0, 0.05) is 18.7 Å². The third kappa shape index (κ3) is 3.82. The molecule has 1 aromatic rings. The van der Waals surface area contributed by atoms with E-state index >= 15 is 0 Å². The number of carbonyl (C=O) groups is 1. The molecule has 1 aliphatic heterocycles. The molecular formula is C14H20N2O2. The van der Waals surface area contributed by atoms with Crippen LogP contribution < -0.4 is 10.6 Å². The Kier molecular flexibility index (Phi) is 4.73. The average Bonchev–Trinajstić information content (AvgIpc) is 2.32. The zero-order valence-corrected chi connectivity index (χ0v) is 10.5. The van der Waals surface area contributed by atoms with E-state index in [0.717, 1.165) is 37.2 Å². The van der Waals surface area contributed by atoms with Gasteiger partial charge >= 0.3 is 0 Å². The van der Waals surface area contributed by atoms with Gasteiger partial charge in [-0.2, -0.15) is 0 Å². The van der Waals surface area contributed by atoms with Crippen LogP contribution in [-0.2, 0) is 11.2 Å². The number of benzene rings is 1. The predicted octanol–water partition coefficient (Wildman–Crippen LogP) is 1.16. The first-order valence-corrected chi connectivity index (χ1v) is 6.48. The summed E-state index contributed by atoms with van der Waals surface area (Å²) in [7, 11) is 0.